The van der Waals surface area contributed by atoms with Gasteiger partial charge >= 0.3 is 0 Å². The summed E-state index contributed by atoms with van der Waals surface area (Å²) in [4.78, 5) is 39.1. The van der Waals surface area contributed by atoms with E-state index < -0.39 is 0 Å². The summed E-state index contributed by atoms with van der Waals surface area (Å²) in [5, 5.41) is 1.80. The van der Waals surface area contributed by atoms with Crippen molar-refractivity contribution in [2.75, 3.05) is 14.1 Å². The van der Waals surface area contributed by atoms with Gasteiger partial charge in [-0.3, -0.25) is 19.6 Å². The molecule has 0 saturated carbocycles. The molecule has 2 aromatic heterocycles. The van der Waals surface area contributed by atoms with Crippen LogP contribution in [0.3, 0.4) is 0 Å². The average Bonchev–Trinajstić information content (AvgIpc) is 3.23. The van der Waals surface area contributed by atoms with Crippen LogP contribution in [0.15, 0.2) is 84.2 Å². The second kappa shape index (κ2) is 6.59. The summed E-state index contributed by atoms with van der Waals surface area (Å²) in [7, 11) is 3.45. The molecule has 2 aliphatic heterocycles. The van der Waals surface area contributed by atoms with Crippen LogP contribution >= 0.6 is 0 Å². The highest BCUT2D eigenvalue weighted by molar-refractivity contribution is 6.31. The molecule has 6 heteroatoms. The molecule has 2 aliphatic rings. The van der Waals surface area contributed by atoms with Crippen molar-refractivity contribution < 1.29 is 9.59 Å². The average molecular weight is 418 g/mol. The van der Waals surface area contributed by atoms with Crippen LogP contribution in [0.5, 0.6) is 0 Å². The number of carbonyl (C=O) groups is 2. The Hall–Kier alpha value is -4.32. The van der Waals surface area contributed by atoms with E-state index >= 15 is 0 Å². The van der Waals surface area contributed by atoms with Crippen molar-refractivity contribution in [3.05, 3.63) is 95.3 Å². The maximum absolute atomic E-state index is 13.5. The van der Waals surface area contributed by atoms with E-state index in [-0.39, 0.29) is 11.8 Å². The molecule has 0 spiro atoms. The highest BCUT2D eigenvalue weighted by Gasteiger charge is 2.47. The Bertz CT molecular complexity index is 1420. The van der Waals surface area contributed by atoms with Gasteiger partial charge in [-0.2, -0.15) is 0 Å². The molecule has 0 aliphatic carbocycles. The van der Waals surface area contributed by atoms with Gasteiger partial charge in [0.15, 0.2) is 0 Å². The van der Waals surface area contributed by atoms with Crippen molar-refractivity contribution >= 4 is 45.0 Å². The normalized spacial score (nSPS) is 16.2. The van der Waals surface area contributed by atoms with Crippen LogP contribution in [-0.2, 0) is 9.59 Å². The van der Waals surface area contributed by atoms with E-state index in [1.165, 1.54) is 0 Å². The van der Waals surface area contributed by atoms with Crippen LogP contribution in [0.25, 0.3) is 33.2 Å². The quantitative estimate of drug-likeness (QED) is 0.496. The standard InChI is InChI=1S/C26H18N4O2/c1-29-23(17-11-13-27-19-9-5-3-7-15(17)19)21-22(25(29)31)24(30(2)26(21)32)18-12-14-28-20-10-6-4-8-16(18)20/h3-14H,1-2H3. The molecule has 0 unspecified atom stereocenters. The van der Waals surface area contributed by atoms with Gasteiger partial charge in [-0.25, -0.2) is 0 Å². The number of benzene rings is 2. The van der Waals surface area contributed by atoms with Crippen LogP contribution in [-0.4, -0.2) is 45.7 Å². The summed E-state index contributed by atoms with van der Waals surface area (Å²) in [6.07, 6.45) is 3.43. The summed E-state index contributed by atoms with van der Waals surface area (Å²) in [6.45, 7) is 0. The Kier molecular flexibility index (Phi) is 3.80. The zero-order valence-corrected chi connectivity index (χ0v) is 17.5. The molecule has 0 atom stereocenters. The van der Waals surface area contributed by atoms with E-state index in [0.717, 1.165) is 32.9 Å². The maximum atomic E-state index is 13.5. The summed E-state index contributed by atoms with van der Waals surface area (Å²) in [6, 6.07) is 19.2. The Balaban J connectivity index is 1.69. The third-order valence-corrected chi connectivity index (χ3v) is 6.24. The number of fused-ring (bicyclic) bond motifs is 3. The third kappa shape index (κ3) is 2.34. The van der Waals surface area contributed by atoms with E-state index in [1.807, 2.05) is 60.7 Å². The topological polar surface area (TPSA) is 66.4 Å². The zero-order chi connectivity index (χ0) is 22.0. The lowest BCUT2D eigenvalue weighted by atomic mass is 9.99. The molecular weight excluding hydrogens is 400 g/mol. The first-order valence-electron chi connectivity index (χ1n) is 10.3. The van der Waals surface area contributed by atoms with Crippen LogP contribution in [0, 0.1) is 0 Å². The van der Waals surface area contributed by atoms with Gasteiger partial charge in [0.25, 0.3) is 11.8 Å². The van der Waals surface area contributed by atoms with E-state index in [0.29, 0.717) is 22.5 Å². The molecule has 2 amide bonds. The number of hydrogen-bond donors (Lipinski definition) is 0. The van der Waals surface area contributed by atoms with Crippen LogP contribution in [0.2, 0.25) is 0 Å². The van der Waals surface area contributed by atoms with Crippen molar-refractivity contribution in [2.45, 2.75) is 0 Å². The lowest BCUT2D eigenvalue weighted by molar-refractivity contribution is -0.123. The number of nitrogens with zero attached hydrogens (tertiary/aromatic N) is 4. The number of likely N-dealkylation sites (N-methyl/N-ethyl adjacent to an activating group) is 2. The van der Waals surface area contributed by atoms with Crippen LogP contribution < -0.4 is 0 Å². The zero-order valence-electron chi connectivity index (χ0n) is 17.5. The lowest BCUT2D eigenvalue weighted by Crippen LogP contribution is -2.25. The van der Waals surface area contributed by atoms with Gasteiger partial charge in [0, 0.05) is 48.4 Å². The van der Waals surface area contributed by atoms with E-state index in [4.69, 9.17) is 0 Å². The summed E-state index contributed by atoms with van der Waals surface area (Å²) in [5.74, 6) is -0.381. The molecule has 0 fully saturated rings. The number of carbonyl (C=O) groups excluding carboxylic acids is 2. The second-order valence-corrected chi connectivity index (χ2v) is 7.93. The highest BCUT2D eigenvalue weighted by atomic mass is 16.2. The van der Waals surface area contributed by atoms with Gasteiger partial charge in [-0.15, -0.1) is 0 Å². The van der Waals surface area contributed by atoms with Crippen molar-refractivity contribution in [2.24, 2.45) is 0 Å². The predicted octanol–water partition coefficient (Wildman–Crippen LogP) is 3.85. The Labute approximate surface area is 184 Å². The molecule has 0 bridgehead atoms. The Morgan fingerprint density at radius 3 is 1.44 bits per heavy atom. The van der Waals surface area contributed by atoms with Gasteiger partial charge in [0.1, 0.15) is 0 Å². The Morgan fingerprint density at radius 1 is 0.594 bits per heavy atom. The van der Waals surface area contributed by atoms with Gasteiger partial charge < -0.3 is 9.80 Å². The van der Waals surface area contributed by atoms with Gasteiger partial charge in [0.05, 0.1) is 33.6 Å². The van der Waals surface area contributed by atoms with Crippen molar-refractivity contribution in [1.29, 1.82) is 0 Å². The number of rotatable bonds is 2. The number of hydrogen-bond acceptors (Lipinski definition) is 4. The fraction of sp³-hybridized carbons (Fsp3) is 0.0769. The fourth-order valence-corrected chi connectivity index (χ4v) is 4.76. The SMILES string of the molecule is CN1C(=O)C2=C(c3ccnc4ccccc34)N(C)C(=O)C2=C1c1ccnc2ccccc12. The van der Waals surface area contributed by atoms with Crippen molar-refractivity contribution in [3.63, 3.8) is 0 Å². The number of para-hydroxylation sites is 2. The number of pyridine rings is 2. The molecule has 4 aromatic rings. The van der Waals surface area contributed by atoms with E-state index in [1.54, 1.807) is 36.3 Å². The van der Waals surface area contributed by atoms with E-state index in [9.17, 15) is 9.59 Å². The first kappa shape index (κ1) is 18.4. The van der Waals surface area contributed by atoms with Crippen molar-refractivity contribution in [1.82, 2.24) is 19.8 Å². The van der Waals surface area contributed by atoms with Gasteiger partial charge in [-0.1, -0.05) is 36.4 Å². The molecule has 6 nitrogen and oxygen atoms in total. The minimum absolute atomic E-state index is 0.190. The minimum Gasteiger partial charge on any atom is -0.310 e. The van der Waals surface area contributed by atoms with E-state index in [2.05, 4.69) is 9.97 Å². The largest absolute Gasteiger partial charge is 0.310 e. The van der Waals surface area contributed by atoms with Crippen molar-refractivity contribution in [3.8, 4) is 0 Å². The molecule has 2 aromatic carbocycles. The molecule has 4 heterocycles. The van der Waals surface area contributed by atoms with Crippen LogP contribution in [0.4, 0.5) is 0 Å². The number of aromatic nitrogens is 2. The molecule has 0 saturated heterocycles. The molecule has 32 heavy (non-hydrogen) atoms. The maximum Gasteiger partial charge on any atom is 0.261 e. The highest BCUT2D eigenvalue weighted by Crippen LogP contribution is 2.46. The number of amides is 2. The molecule has 6 rings (SSSR count). The van der Waals surface area contributed by atoms with Crippen LogP contribution in [0.1, 0.15) is 11.1 Å². The molecular formula is C26H18N4O2. The summed E-state index contributed by atoms with van der Waals surface area (Å²) in [5.41, 5.74) is 5.38. The second-order valence-electron chi connectivity index (χ2n) is 7.93. The third-order valence-electron chi connectivity index (χ3n) is 6.24. The fourth-order valence-electron chi connectivity index (χ4n) is 4.76. The molecule has 154 valence electrons. The van der Waals surface area contributed by atoms with Gasteiger partial charge in [0.2, 0.25) is 0 Å². The summed E-state index contributed by atoms with van der Waals surface area (Å²) >= 11 is 0. The van der Waals surface area contributed by atoms with Gasteiger partial charge in [-0.05, 0) is 24.3 Å². The Morgan fingerprint density at radius 2 is 1.00 bits per heavy atom. The lowest BCUT2D eigenvalue weighted by Gasteiger charge is -2.21. The first-order chi connectivity index (χ1) is 15.6. The smallest absolute Gasteiger partial charge is 0.261 e. The predicted molar refractivity (Wildman–Crippen MR) is 123 cm³/mol. The summed E-state index contributed by atoms with van der Waals surface area (Å²) < 4.78 is 0. The minimum atomic E-state index is -0.190. The molecule has 0 radical (unpaired) electrons. The monoisotopic (exact) mass is 418 g/mol. The molecule has 0 N–H and O–H groups in total. The first-order valence-corrected chi connectivity index (χ1v) is 10.3.